The molecule has 2 saturated heterocycles. The molecule has 5 rings (SSSR count). The van der Waals surface area contributed by atoms with Crippen molar-refractivity contribution < 1.29 is 23.8 Å². The van der Waals surface area contributed by atoms with Gasteiger partial charge in [0.2, 0.25) is 0 Å². The van der Waals surface area contributed by atoms with Gasteiger partial charge in [-0.15, -0.1) is 0 Å². The number of fused-ring (bicyclic) bond motifs is 4. The van der Waals surface area contributed by atoms with Crippen molar-refractivity contribution in [3.05, 3.63) is 28.2 Å². The van der Waals surface area contributed by atoms with Crippen molar-refractivity contribution in [2.75, 3.05) is 13.2 Å². The highest BCUT2D eigenvalue weighted by atomic mass is 79.9. The zero-order valence-corrected chi connectivity index (χ0v) is 14.9. The number of halogens is 1. The molecule has 25 heavy (non-hydrogen) atoms. The summed E-state index contributed by atoms with van der Waals surface area (Å²) in [6.45, 7) is 1.15. The van der Waals surface area contributed by atoms with Gasteiger partial charge in [-0.1, -0.05) is 15.9 Å². The van der Waals surface area contributed by atoms with Gasteiger partial charge in [0, 0.05) is 28.8 Å². The molecule has 0 radical (unpaired) electrons. The molecule has 2 spiro atoms. The van der Waals surface area contributed by atoms with Crippen molar-refractivity contribution in [1.29, 1.82) is 0 Å². The van der Waals surface area contributed by atoms with Crippen LogP contribution in [0, 0.1) is 5.92 Å². The summed E-state index contributed by atoms with van der Waals surface area (Å²) in [4.78, 5) is 24.9. The molecule has 8 heteroatoms. The van der Waals surface area contributed by atoms with Gasteiger partial charge in [-0.05, 0) is 24.6 Å². The number of rotatable bonds is 0. The average Bonchev–Trinajstić information content (AvgIpc) is 3.14. The van der Waals surface area contributed by atoms with E-state index >= 15 is 0 Å². The number of nitrogens with one attached hydrogen (secondary N) is 2. The molecule has 2 unspecified atom stereocenters. The molecule has 0 aromatic heterocycles. The maximum absolute atomic E-state index is 12.9. The summed E-state index contributed by atoms with van der Waals surface area (Å²) in [5, 5.41) is 5.31. The Morgan fingerprint density at radius 1 is 1.20 bits per heavy atom. The number of carbonyl (C=O) groups is 2. The van der Waals surface area contributed by atoms with Crippen LogP contribution in [0.5, 0.6) is 5.75 Å². The average molecular weight is 409 g/mol. The summed E-state index contributed by atoms with van der Waals surface area (Å²) in [6.07, 6.45) is 1.60. The van der Waals surface area contributed by atoms with Crippen molar-refractivity contribution in [3.63, 3.8) is 0 Å². The summed E-state index contributed by atoms with van der Waals surface area (Å²) in [6, 6.07) is 5.07. The Morgan fingerprint density at radius 2 is 2.00 bits per heavy atom. The van der Waals surface area contributed by atoms with Gasteiger partial charge in [0.15, 0.2) is 11.3 Å². The van der Waals surface area contributed by atoms with E-state index in [4.69, 9.17) is 14.2 Å². The molecular weight excluding hydrogens is 392 g/mol. The Labute approximate surface area is 152 Å². The maximum atomic E-state index is 12.9. The van der Waals surface area contributed by atoms with Gasteiger partial charge in [0.05, 0.1) is 13.2 Å². The van der Waals surface area contributed by atoms with Gasteiger partial charge in [0.25, 0.3) is 5.91 Å². The predicted octanol–water partition coefficient (Wildman–Crippen LogP) is 1.79. The van der Waals surface area contributed by atoms with E-state index in [2.05, 4.69) is 26.6 Å². The van der Waals surface area contributed by atoms with Gasteiger partial charge in [-0.2, -0.15) is 0 Å². The Morgan fingerprint density at radius 3 is 2.72 bits per heavy atom. The lowest BCUT2D eigenvalue weighted by Gasteiger charge is -2.50. The second kappa shape index (κ2) is 5.18. The Bertz CT molecular complexity index is 778. The molecule has 3 aliphatic heterocycles. The monoisotopic (exact) mass is 408 g/mol. The lowest BCUT2D eigenvalue weighted by atomic mass is 9.66. The molecule has 132 valence electrons. The van der Waals surface area contributed by atoms with Crippen LogP contribution in [-0.2, 0) is 19.8 Å². The number of hydrogen-bond donors (Lipinski definition) is 2. The zero-order valence-electron chi connectivity index (χ0n) is 13.3. The summed E-state index contributed by atoms with van der Waals surface area (Å²) >= 11 is 3.45. The first kappa shape index (κ1) is 15.6. The minimum absolute atomic E-state index is 0.181. The van der Waals surface area contributed by atoms with Crippen molar-refractivity contribution >= 4 is 27.9 Å². The fourth-order valence-corrected chi connectivity index (χ4v) is 5.05. The first-order chi connectivity index (χ1) is 12.0. The standard InChI is InChI=1S/C17H17BrN2O5/c18-9-1-2-12-11(7-9)17(14(21)19-15(22)20-17)10-3-4-16(8-13(10)25-12)23-5-6-24-16/h1-2,7,10,13H,3-6,8H2,(H2,19,20,21,22)/t10-,13?,17?/m1/s1. The van der Waals surface area contributed by atoms with Gasteiger partial charge >= 0.3 is 6.03 Å². The van der Waals surface area contributed by atoms with Crippen LogP contribution in [0.4, 0.5) is 4.79 Å². The molecule has 3 atom stereocenters. The molecule has 1 aromatic rings. The molecule has 3 amide bonds. The largest absolute Gasteiger partial charge is 0.489 e. The third kappa shape index (κ3) is 2.10. The highest BCUT2D eigenvalue weighted by Crippen LogP contribution is 2.53. The molecule has 2 N–H and O–H groups in total. The molecule has 0 bridgehead atoms. The number of amides is 3. The lowest BCUT2D eigenvalue weighted by molar-refractivity contribution is -0.210. The second-order valence-corrected chi connectivity index (χ2v) is 7.89. The second-order valence-electron chi connectivity index (χ2n) is 6.97. The molecule has 3 fully saturated rings. The van der Waals surface area contributed by atoms with Gasteiger partial charge < -0.3 is 19.5 Å². The number of hydrogen-bond acceptors (Lipinski definition) is 5. The van der Waals surface area contributed by atoms with E-state index in [0.717, 1.165) is 4.47 Å². The van der Waals surface area contributed by atoms with Crippen LogP contribution in [0.3, 0.4) is 0 Å². The molecule has 7 nitrogen and oxygen atoms in total. The quantitative estimate of drug-likeness (QED) is 0.639. The van der Waals surface area contributed by atoms with Crippen molar-refractivity contribution in [2.45, 2.75) is 36.7 Å². The van der Waals surface area contributed by atoms with Crippen LogP contribution in [0.15, 0.2) is 22.7 Å². The first-order valence-corrected chi connectivity index (χ1v) is 9.20. The fourth-order valence-electron chi connectivity index (χ4n) is 4.69. The SMILES string of the molecule is O=C1NC(=O)C2(N1)c1cc(Br)ccc1OC1CC3(CC[C@H]12)OCCO3. The van der Waals surface area contributed by atoms with Crippen LogP contribution in [0.25, 0.3) is 0 Å². The van der Waals surface area contributed by atoms with Crippen molar-refractivity contribution in [2.24, 2.45) is 5.92 Å². The number of benzene rings is 1. The summed E-state index contributed by atoms with van der Waals surface area (Å²) in [5.74, 6) is -0.524. The van der Waals surface area contributed by atoms with Gasteiger partial charge in [-0.3, -0.25) is 10.1 Å². The third-order valence-corrected chi connectivity index (χ3v) is 6.20. The van der Waals surface area contributed by atoms with E-state index in [1.165, 1.54) is 0 Å². The van der Waals surface area contributed by atoms with E-state index in [1.54, 1.807) is 0 Å². The van der Waals surface area contributed by atoms with Gasteiger partial charge in [-0.25, -0.2) is 4.79 Å². The van der Waals surface area contributed by atoms with E-state index in [9.17, 15) is 9.59 Å². The third-order valence-electron chi connectivity index (χ3n) is 5.71. The summed E-state index contributed by atoms with van der Waals surface area (Å²) < 4.78 is 18.7. The highest BCUT2D eigenvalue weighted by molar-refractivity contribution is 9.10. The Hall–Kier alpha value is -1.64. The fraction of sp³-hybridized carbons (Fsp3) is 0.529. The predicted molar refractivity (Wildman–Crippen MR) is 88.9 cm³/mol. The van der Waals surface area contributed by atoms with Crippen LogP contribution in [0.1, 0.15) is 24.8 Å². The minimum Gasteiger partial charge on any atom is -0.489 e. The van der Waals surface area contributed by atoms with Crippen LogP contribution in [0.2, 0.25) is 0 Å². The topological polar surface area (TPSA) is 85.9 Å². The summed E-state index contributed by atoms with van der Waals surface area (Å²) in [5.41, 5.74) is -0.421. The van der Waals surface area contributed by atoms with Crippen LogP contribution >= 0.6 is 15.9 Å². The molecule has 1 saturated carbocycles. The van der Waals surface area contributed by atoms with E-state index in [0.29, 0.717) is 43.8 Å². The van der Waals surface area contributed by atoms with Crippen LogP contribution in [-0.4, -0.2) is 37.0 Å². The normalized spacial score (nSPS) is 35.1. The molecule has 1 aromatic carbocycles. The van der Waals surface area contributed by atoms with Crippen molar-refractivity contribution in [1.82, 2.24) is 10.6 Å². The molecule has 1 aliphatic carbocycles. The van der Waals surface area contributed by atoms with E-state index in [-0.39, 0.29) is 17.9 Å². The van der Waals surface area contributed by atoms with Gasteiger partial charge in [0.1, 0.15) is 11.9 Å². The number of ether oxygens (including phenoxy) is 3. The minimum atomic E-state index is -1.11. The van der Waals surface area contributed by atoms with E-state index < -0.39 is 17.4 Å². The van der Waals surface area contributed by atoms with Crippen molar-refractivity contribution in [3.8, 4) is 5.75 Å². The first-order valence-electron chi connectivity index (χ1n) is 8.41. The summed E-state index contributed by atoms with van der Waals surface area (Å²) in [7, 11) is 0. The maximum Gasteiger partial charge on any atom is 0.322 e. The number of imide groups is 1. The Kier molecular flexibility index (Phi) is 3.24. The molecule has 3 heterocycles. The Balaban J connectivity index is 1.63. The molecule has 4 aliphatic rings. The van der Waals surface area contributed by atoms with E-state index in [1.807, 2.05) is 18.2 Å². The zero-order chi connectivity index (χ0) is 17.2. The number of carbonyl (C=O) groups excluding carboxylic acids is 2. The van der Waals surface area contributed by atoms with Crippen LogP contribution < -0.4 is 15.4 Å². The smallest absolute Gasteiger partial charge is 0.322 e. The lowest BCUT2D eigenvalue weighted by Crippen LogP contribution is -2.61. The highest BCUT2D eigenvalue weighted by Gasteiger charge is 2.63. The molecular formula is C17H17BrN2O5. The number of urea groups is 1.